The van der Waals surface area contributed by atoms with Crippen LogP contribution < -0.4 is 0 Å². The predicted octanol–water partition coefficient (Wildman–Crippen LogP) is 2.56. The van der Waals surface area contributed by atoms with Gasteiger partial charge in [-0.2, -0.15) is 0 Å². The van der Waals surface area contributed by atoms with E-state index in [1.807, 2.05) is 30.4 Å². The molecule has 4 rings (SSSR count). The van der Waals surface area contributed by atoms with Crippen molar-refractivity contribution in [3.8, 4) is 0 Å². The molecule has 1 aromatic rings. The predicted molar refractivity (Wildman–Crippen MR) is 87.1 cm³/mol. The van der Waals surface area contributed by atoms with Crippen LogP contribution in [0.1, 0.15) is 31.2 Å². The molecule has 0 N–H and O–H groups in total. The fourth-order valence-corrected chi connectivity index (χ4v) is 3.74. The molecule has 0 bridgehead atoms. The second-order valence-corrected chi connectivity index (χ2v) is 6.87. The lowest BCUT2D eigenvalue weighted by Gasteiger charge is -2.27. The third-order valence-corrected chi connectivity index (χ3v) is 5.21. The number of likely N-dealkylation sites (tertiary alicyclic amines) is 1. The first-order valence-corrected chi connectivity index (χ1v) is 8.52. The monoisotopic (exact) mass is 310 g/mol. The second kappa shape index (κ2) is 5.93. The first-order valence-electron chi connectivity index (χ1n) is 8.52. The number of nitrogens with zero attached hydrogens (tertiary/aromatic N) is 2. The van der Waals surface area contributed by atoms with Crippen molar-refractivity contribution < 1.29 is 9.59 Å². The average Bonchev–Trinajstić information content (AvgIpc) is 3.40. The van der Waals surface area contributed by atoms with Crippen LogP contribution in [0.2, 0.25) is 0 Å². The van der Waals surface area contributed by atoms with Crippen molar-refractivity contribution in [2.24, 2.45) is 11.8 Å². The van der Waals surface area contributed by atoms with Crippen LogP contribution in [0.25, 0.3) is 0 Å². The van der Waals surface area contributed by atoms with Crippen molar-refractivity contribution in [2.75, 3.05) is 6.67 Å². The molecule has 1 heterocycles. The van der Waals surface area contributed by atoms with Gasteiger partial charge in [0.2, 0.25) is 11.8 Å². The van der Waals surface area contributed by atoms with E-state index in [1.165, 1.54) is 10.5 Å². The number of amides is 2. The molecular weight excluding hydrogens is 288 g/mol. The van der Waals surface area contributed by atoms with Gasteiger partial charge in [-0.3, -0.25) is 19.4 Å². The number of rotatable bonds is 5. The molecule has 3 aliphatic rings. The van der Waals surface area contributed by atoms with E-state index >= 15 is 0 Å². The Morgan fingerprint density at radius 2 is 1.57 bits per heavy atom. The molecular formula is C19H22N2O2. The molecule has 2 unspecified atom stereocenters. The highest BCUT2D eigenvalue weighted by Gasteiger charge is 2.48. The smallest absolute Gasteiger partial charge is 0.234 e. The Morgan fingerprint density at radius 3 is 2.13 bits per heavy atom. The lowest BCUT2D eigenvalue weighted by Crippen LogP contribution is -2.42. The third kappa shape index (κ3) is 2.83. The van der Waals surface area contributed by atoms with Crippen LogP contribution in [-0.2, 0) is 16.1 Å². The summed E-state index contributed by atoms with van der Waals surface area (Å²) in [6, 6.07) is 10.8. The molecule has 4 heteroatoms. The van der Waals surface area contributed by atoms with Crippen LogP contribution >= 0.6 is 0 Å². The quantitative estimate of drug-likeness (QED) is 0.620. The number of carbonyl (C=O) groups excluding carboxylic acids is 2. The van der Waals surface area contributed by atoms with Gasteiger partial charge >= 0.3 is 0 Å². The first kappa shape index (κ1) is 14.6. The van der Waals surface area contributed by atoms with Gasteiger partial charge in [-0.25, -0.2) is 0 Å². The van der Waals surface area contributed by atoms with E-state index in [0.717, 1.165) is 19.4 Å². The van der Waals surface area contributed by atoms with Crippen LogP contribution in [0, 0.1) is 11.8 Å². The molecule has 0 aromatic heterocycles. The largest absolute Gasteiger partial charge is 0.278 e. The van der Waals surface area contributed by atoms with Gasteiger partial charge < -0.3 is 0 Å². The van der Waals surface area contributed by atoms with Gasteiger partial charge in [0.25, 0.3) is 0 Å². The standard InChI is InChI=1S/C19H22N2O2/c22-18-16-8-4-5-9-17(16)19(23)21(18)13-20(15-10-11-15)12-14-6-2-1-3-7-14/h1-7,15-17H,8-13H2. The molecule has 1 saturated carbocycles. The zero-order valence-electron chi connectivity index (χ0n) is 13.2. The van der Waals surface area contributed by atoms with Crippen molar-refractivity contribution in [1.82, 2.24) is 9.80 Å². The molecule has 0 radical (unpaired) electrons. The Hall–Kier alpha value is -1.94. The summed E-state index contributed by atoms with van der Waals surface area (Å²) in [5.41, 5.74) is 1.23. The Morgan fingerprint density at radius 1 is 0.957 bits per heavy atom. The van der Waals surface area contributed by atoms with Crippen molar-refractivity contribution in [3.05, 3.63) is 48.0 Å². The van der Waals surface area contributed by atoms with Crippen LogP contribution in [0.3, 0.4) is 0 Å². The Bertz CT molecular complexity index is 610. The van der Waals surface area contributed by atoms with Gasteiger partial charge in [0.1, 0.15) is 0 Å². The van der Waals surface area contributed by atoms with Gasteiger partial charge in [-0.1, -0.05) is 42.5 Å². The zero-order valence-corrected chi connectivity index (χ0v) is 13.2. The van der Waals surface area contributed by atoms with E-state index in [1.54, 1.807) is 0 Å². The molecule has 2 atom stereocenters. The Balaban J connectivity index is 1.49. The summed E-state index contributed by atoms with van der Waals surface area (Å²) < 4.78 is 0. The average molecular weight is 310 g/mol. The first-order chi connectivity index (χ1) is 11.2. The van der Waals surface area contributed by atoms with Crippen molar-refractivity contribution in [3.63, 3.8) is 0 Å². The summed E-state index contributed by atoms with van der Waals surface area (Å²) in [7, 11) is 0. The molecule has 0 spiro atoms. The van der Waals surface area contributed by atoms with Crippen LogP contribution in [-0.4, -0.2) is 34.3 Å². The topological polar surface area (TPSA) is 40.6 Å². The molecule has 120 valence electrons. The molecule has 23 heavy (non-hydrogen) atoms. The molecule has 2 fully saturated rings. The normalized spacial score (nSPS) is 26.9. The van der Waals surface area contributed by atoms with E-state index in [4.69, 9.17) is 0 Å². The molecule has 1 saturated heterocycles. The highest BCUT2D eigenvalue weighted by Crippen LogP contribution is 2.36. The van der Waals surface area contributed by atoms with Crippen molar-refractivity contribution >= 4 is 11.8 Å². The number of benzene rings is 1. The maximum atomic E-state index is 12.6. The lowest BCUT2D eigenvalue weighted by molar-refractivity contribution is -0.142. The number of carbonyl (C=O) groups is 2. The number of hydrogen-bond acceptors (Lipinski definition) is 3. The number of allylic oxidation sites excluding steroid dienone is 2. The summed E-state index contributed by atoms with van der Waals surface area (Å²) in [5, 5.41) is 0. The fourth-order valence-electron chi connectivity index (χ4n) is 3.74. The second-order valence-electron chi connectivity index (χ2n) is 6.87. The Kier molecular flexibility index (Phi) is 3.77. The van der Waals surface area contributed by atoms with Crippen molar-refractivity contribution in [1.29, 1.82) is 0 Å². The number of imide groups is 1. The minimum absolute atomic E-state index is 0.0306. The van der Waals surface area contributed by atoms with E-state index in [9.17, 15) is 9.59 Å². The van der Waals surface area contributed by atoms with Gasteiger partial charge in [0.05, 0.1) is 18.5 Å². The maximum absolute atomic E-state index is 12.6. The maximum Gasteiger partial charge on any atom is 0.234 e. The molecule has 1 aromatic carbocycles. The summed E-state index contributed by atoms with van der Waals surface area (Å²) in [6.45, 7) is 1.25. The van der Waals surface area contributed by atoms with Crippen molar-refractivity contribution in [2.45, 2.75) is 38.3 Å². The van der Waals surface area contributed by atoms with Crippen LogP contribution in [0.4, 0.5) is 0 Å². The summed E-state index contributed by atoms with van der Waals surface area (Å²) in [5.74, 6) is -0.179. The van der Waals surface area contributed by atoms with Crippen LogP contribution in [0.5, 0.6) is 0 Å². The van der Waals surface area contributed by atoms with Gasteiger partial charge in [0.15, 0.2) is 0 Å². The fraction of sp³-hybridized carbons (Fsp3) is 0.474. The minimum Gasteiger partial charge on any atom is -0.278 e. The zero-order chi connectivity index (χ0) is 15.8. The van der Waals surface area contributed by atoms with Crippen LogP contribution in [0.15, 0.2) is 42.5 Å². The molecule has 4 nitrogen and oxygen atoms in total. The minimum atomic E-state index is -0.120. The highest BCUT2D eigenvalue weighted by molar-refractivity contribution is 6.05. The molecule has 2 amide bonds. The molecule has 2 aliphatic carbocycles. The van der Waals surface area contributed by atoms with Gasteiger partial charge in [-0.15, -0.1) is 0 Å². The highest BCUT2D eigenvalue weighted by atomic mass is 16.2. The number of fused-ring (bicyclic) bond motifs is 1. The lowest BCUT2D eigenvalue weighted by atomic mass is 9.85. The van der Waals surface area contributed by atoms with E-state index in [-0.39, 0.29) is 23.7 Å². The summed E-state index contributed by atoms with van der Waals surface area (Å²) >= 11 is 0. The Labute approximate surface area is 136 Å². The summed E-state index contributed by atoms with van der Waals surface area (Å²) in [6.07, 6.45) is 7.84. The number of hydrogen-bond donors (Lipinski definition) is 0. The van der Waals surface area contributed by atoms with E-state index in [2.05, 4.69) is 17.0 Å². The van der Waals surface area contributed by atoms with E-state index in [0.29, 0.717) is 25.6 Å². The molecule has 1 aliphatic heterocycles. The van der Waals surface area contributed by atoms with Gasteiger partial charge in [0, 0.05) is 12.6 Å². The van der Waals surface area contributed by atoms with E-state index < -0.39 is 0 Å². The van der Waals surface area contributed by atoms with Gasteiger partial charge in [-0.05, 0) is 31.2 Å². The summed E-state index contributed by atoms with van der Waals surface area (Å²) in [4.78, 5) is 29.1. The third-order valence-electron chi connectivity index (χ3n) is 5.21. The SMILES string of the molecule is O=C1C2CC=CCC2C(=O)N1CN(Cc1ccccc1)C1CC1.